The van der Waals surface area contributed by atoms with E-state index >= 15 is 0 Å². The number of H-pyrrole nitrogens is 1. The maximum atomic E-state index is 13.8. The summed E-state index contributed by atoms with van der Waals surface area (Å²) in [6, 6.07) is 17.5. The van der Waals surface area contributed by atoms with Crippen LogP contribution in [-0.2, 0) is 6.42 Å². The number of nitrogens with zero attached hydrogens (tertiary/aromatic N) is 1. The average Bonchev–Trinajstić information content (AvgIpc) is 3.55. The fourth-order valence-corrected chi connectivity index (χ4v) is 7.79. The summed E-state index contributed by atoms with van der Waals surface area (Å²) in [5.41, 5.74) is 5.65. The zero-order valence-electron chi connectivity index (χ0n) is 20.6. The summed E-state index contributed by atoms with van der Waals surface area (Å²) in [5, 5.41) is 6.33. The maximum absolute atomic E-state index is 13.8. The van der Waals surface area contributed by atoms with E-state index in [1.165, 1.54) is 18.2 Å². The Bertz CT molecular complexity index is 1630. The van der Waals surface area contributed by atoms with Crippen LogP contribution >= 0.6 is 67.8 Å². The van der Waals surface area contributed by atoms with Gasteiger partial charge in [-0.05, 0) is 67.8 Å². The van der Waals surface area contributed by atoms with E-state index in [0.29, 0.717) is 22.5 Å². The number of carbonyl (C=O) groups is 2. The molecule has 2 aliphatic carbocycles. The molecule has 6 rings (SSSR count). The SMILES string of the molecule is Cc1cc(F)ccc1C(=O)Nc1cc(-c2[nH]c3c(c2Nc2ccccc2)C(=O)[C@@H]2C[C@]2(C(I)(I)I)C3)ccn1. The van der Waals surface area contributed by atoms with Gasteiger partial charge in [-0.2, -0.15) is 0 Å². The van der Waals surface area contributed by atoms with E-state index < -0.39 is 5.82 Å². The number of aryl methyl sites for hydroxylation is 1. The number of aromatic amines is 1. The van der Waals surface area contributed by atoms with Crippen molar-refractivity contribution in [3.8, 4) is 11.3 Å². The van der Waals surface area contributed by atoms with E-state index in [1.807, 2.05) is 36.4 Å². The average molecular weight is 858 g/mol. The molecule has 0 saturated heterocycles. The summed E-state index contributed by atoms with van der Waals surface area (Å²) in [7, 11) is 0. The number of para-hydroxylation sites is 1. The third-order valence-electron chi connectivity index (χ3n) is 7.54. The number of hydrogen-bond donors (Lipinski definition) is 3. The van der Waals surface area contributed by atoms with Gasteiger partial charge in [0.15, 0.2) is 5.78 Å². The van der Waals surface area contributed by atoms with Crippen molar-refractivity contribution in [1.82, 2.24) is 9.97 Å². The van der Waals surface area contributed by atoms with Gasteiger partial charge in [0, 0.05) is 40.0 Å². The highest BCUT2D eigenvalue weighted by molar-refractivity contribution is 14.3. The van der Waals surface area contributed by atoms with Crippen molar-refractivity contribution in [2.75, 3.05) is 10.6 Å². The number of carbonyl (C=O) groups excluding carboxylic acids is 2. The predicted octanol–water partition coefficient (Wildman–Crippen LogP) is 8.22. The van der Waals surface area contributed by atoms with Gasteiger partial charge in [-0.25, -0.2) is 9.37 Å². The van der Waals surface area contributed by atoms with Gasteiger partial charge in [-0.1, -0.05) is 86.0 Å². The fourth-order valence-electron chi connectivity index (χ4n) is 5.43. The molecular weight excluding hydrogens is 836 g/mol. The van der Waals surface area contributed by atoms with Crippen molar-refractivity contribution >= 4 is 96.7 Å². The van der Waals surface area contributed by atoms with E-state index in [-0.39, 0.29) is 22.5 Å². The first-order chi connectivity index (χ1) is 18.6. The fraction of sp³-hybridized carbons (Fsp3) is 0.207. The number of ketones is 1. The topological polar surface area (TPSA) is 86.9 Å². The van der Waals surface area contributed by atoms with Crippen molar-refractivity contribution in [3.63, 3.8) is 0 Å². The Labute approximate surface area is 265 Å². The Balaban J connectivity index is 1.40. The zero-order chi connectivity index (χ0) is 27.5. The number of anilines is 3. The summed E-state index contributed by atoms with van der Waals surface area (Å²) in [5.74, 6) is -0.235. The first kappa shape index (κ1) is 27.1. The molecule has 6 nitrogen and oxygen atoms in total. The van der Waals surface area contributed by atoms with Crippen molar-refractivity contribution < 1.29 is 14.0 Å². The second-order valence-electron chi connectivity index (χ2n) is 10.0. The van der Waals surface area contributed by atoms with Gasteiger partial charge in [0.1, 0.15) is 11.1 Å². The second-order valence-corrected chi connectivity index (χ2v) is 21.1. The van der Waals surface area contributed by atoms with Gasteiger partial charge >= 0.3 is 0 Å². The van der Waals surface area contributed by atoms with Crippen LogP contribution in [0.1, 0.15) is 38.4 Å². The molecule has 2 atom stereocenters. The number of halogens is 4. The van der Waals surface area contributed by atoms with Gasteiger partial charge in [0.2, 0.25) is 0 Å². The minimum absolute atomic E-state index is 0.00177. The number of alkyl halides is 3. The molecule has 0 bridgehead atoms. The highest BCUT2D eigenvalue weighted by Crippen LogP contribution is 2.72. The highest BCUT2D eigenvalue weighted by Gasteiger charge is 2.69. The van der Waals surface area contributed by atoms with Gasteiger partial charge in [0.25, 0.3) is 5.91 Å². The third-order valence-corrected chi connectivity index (χ3v) is 10.8. The monoisotopic (exact) mass is 858 g/mol. The van der Waals surface area contributed by atoms with Crippen LogP contribution in [0.15, 0.2) is 66.9 Å². The number of hydrogen-bond acceptors (Lipinski definition) is 4. The molecule has 198 valence electrons. The number of fused-ring (bicyclic) bond motifs is 2. The highest BCUT2D eigenvalue weighted by atomic mass is 127. The molecule has 0 aliphatic heterocycles. The van der Waals surface area contributed by atoms with Crippen LogP contribution in [0.2, 0.25) is 0 Å². The van der Waals surface area contributed by atoms with Crippen LogP contribution in [0.4, 0.5) is 21.6 Å². The quantitative estimate of drug-likeness (QED) is 0.135. The van der Waals surface area contributed by atoms with E-state index in [1.54, 1.807) is 19.2 Å². The summed E-state index contributed by atoms with van der Waals surface area (Å²) >= 11 is 7.37. The lowest BCUT2D eigenvalue weighted by molar-refractivity contribution is 0.0940. The maximum Gasteiger partial charge on any atom is 0.257 e. The summed E-state index contributed by atoms with van der Waals surface area (Å²) in [6.07, 6.45) is 3.30. The Morgan fingerprint density at radius 1 is 1.13 bits per heavy atom. The first-order valence-electron chi connectivity index (χ1n) is 12.3. The molecule has 4 aromatic rings. The van der Waals surface area contributed by atoms with Crippen LogP contribution in [0, 0.1) is 24.1 Å². The molecule has 0 spiro atoms. The number of nitrogens with one attached hydrogen (secondary N) is 3. The van der Waals surface area contributed by atoms with E-state index in [4.69, 9.17) is 0 Å². The molecule has 39 heavy (non-hydrogen) atoms. The molecule has 2 aromatic heterocycles. The summed E-state index contributed by atoms with van der Waals surface area (Å²) in [6.45, 7) is 1.69. The van der Waals surface area contributed by atoms with Crippen LogP contribution in [-0.4, -0.2) is 21.1 Å². The molecule has 3 N–H and O–H groups in total. The molecular formula is C29H22FI3N4O2. The van der Waals surface area contributed by atoms with Crippen LogP contribution in [0.5, 0.6) is 0 Å². The molecule has 2 heterocycles. The van der Waals surface area contributed by atoms with Crippen LogP contribution in [0.3, 0.4) is 0 Å². The molecule has 2 aliphatic rings. The second kappa shape index (κ2) is 10.1. The first-order valence-corrected chi connectivity index (χ1v) is 15.5. The molecule has 10 heteroatoms. The van der Waals surface area contributed by atoms with Crippen molar-refractivity contribution in [3.05, 3.63) is 95.1 Å². The van der Waals surface area contributed by atoms with Gasteiger partial charge < -0.3 is 15.6 Å². The Morgan fingerprint density at radius 2 is 1.90 bits per heavy atom. The van der Waals surface area contributed by atoms with E-state index in [2.05, 4.69) is 88.4 Å². The van der Waals surface area contributed by atoms with E-state index in [9.17, 15) is 14.0 Å². The van der Waals surface area contributed by atoms with Crippen LogP contribution < -0.4 is 10.6 Å². The molecule has 0 unspecified atom stereocenters. The number of pyridine rings is 1. The minimum Gasteiger partial charge on any atom is -0.356 e. The van der Waals surface area contributed by atoms with Crippen LogP contribution in [0.25, 0.3) is 11.3 Å². The Kier molecular flexibility index (Phi) is 7.01. The Hall–Kier alpha value is -2.07. The van der Waals surface area contributed by atoms with Crippen molar-refractivity contribution in [2.24, 2.45) is 11.3 Å². The largest absolute Gasteiger partial charge is 0.356 e. The van der Waals surface area contributed by atoms with Gasteiger partial charge in [-0.3, -0.25) is 9.59 Å². The lowest BCUT2D eigenvalue weighted by Gasteiger charge is -2.29. The molecule has 1 saturated carbocycles. The number of benzene rings is 2. The number of rotatable bonds is 6. The number of Topliss-reactive ketones (excluding diaryl/α,β-unsaturated/α-hetero) is 1. The lowest BCUT2D eigenvalue weighted by atomic mass is 9.87. The molecule has 2 aromatic carbocycles. The normalized spacial score (nSPS) is 19.7. The standard InChI is InChI=1S/C29H22FI3N4O2/c1-15-11-17(30)7-8-19(15)27(39)37-22-12-16(9-10-34-22)24-25(35-18-5-3-2-4-6-18)23-21(36-24)14-28(29(31,32)33)13-20(28)26(23)38/h2-12,20,35-36H,13-14H2,1H3,(H,34,37,39)/t20-,28-/m0/s1. The predicted molar refractivity (Wildman–Crippen MR) is 176 cm³/mol. The molecule has 0 radical (unpaired) electrons. The summed E-state index contributed by atoms with van der Waals surface area (Å²) in [4.78, 5) is 34.7. The minimum atomic E-state index is -0.391. The lowest BCUT2D eigenvalue weighted by Crippen LogP contribution is -2.31. The molecule has 1 fully saturated rings. The number of aromatic nitrogens is 2. The third kappa shape index (κ3) is 4.89. The Morgan fingerprint density at radius 3 is 2.62 bits per heavy atom. The van der Waals surface area contributed by atoms with E-state index in [0.717, 1.165) is 41.2 Å². The van der Waals surface area contributed by atoms with Gasteiger partial charge in [-0.15, -0.1) is 0 Å². The zero-order valence-corrected chi connectivity index (χ0v) is 27.1. The van der Waals surface area contributed by atoms with Crippen molar-refractivity contribution in [2.45, 2.75) is 19.2 Å². The van der Waals surface area contributed by atoms with Crippen molar-refractivity contribution in [1.29, 1.82) is 0 Å². The number of amides is 1. The molecule has 1 amide bonds. The van der Waals surface area contributed by atoms with Gasteiger partial charge in [0.05, 0.1) is 16.9 Å². The summed E-state index contributed by atoms with van der Waals surface area (Å²) < 4.78 is 13.5. The smallest absolute Gasteiger partial charge is 0.257 e.